The van der Waals surface area contributed by atoms with E-state index in [2.05, 4.69) is 15.7 Å². The Morgan fingerprint density at radius 3 is 3.00 bits per heavy atom. The van der Waals surface area contributed by atoms with E-state index >= 15 is 0 Å². The van der Waals surface area contributed by atoms with Crippen molar-refractivity contribution < 1.29 is 4.79 Å². The van der Waals surface area contributed by atoms with E-state index in [1.165, 1.54) is 10.9 Å². The average molecular weight is 233 g/mol. The lowest BCUT2D eigenvalue weighted by molar-refractivity contribution is -0.120. The summed E-state index contributed by atoms with van der Waals surface area (Å²) in [5, 5.41) is 18.8. The Bertz CT molecular complexity index is 453. The van der Waals surface area contributed by atoms with Crippen LogP contribution < -0.4 is 10.6 Å². The Balaban J connectivity index is 2.07. The molecule has 1 aromatic heterocycles. The summed E-state index contributed by atoms with van der Waals surface area (Å²) in [5.41, 5.74) is 0.398. The van der Waals surface area contributed by atoms with E-state index in [0.29, 0.717) is 11.4 Å². The van der Waals surface area contributed by atoms with Gasteiger partial charge >= 0.3 is 0 Å². The number of amides is 1. The fourth-order valence-corrected chi connectivity index (χ4v) is 1.97. The molecule has 1 saturated heterocycles. The van der Waals surface area contributed by atoms with E-state index in [1.54, 1.807) is 7.05 Å². The molecule has 90 valence electrons. The third-order valence-corrected chi connectivity index (χ3v) is 3.01. The first-order chi connectivity index (χ1) is 8.22. The van der Waals surface area contributed by atoms with Crippen LogP contribution in [0, 0.1) is 17.2 Å². The van der Waals surface area contributed by atoms with Crippen LogP contribution in [-0.2, 0) is 11.8 Å². The van der Waals surface area contributed by atoms with Gasteiger partial charge in [-0.2, -0.15) is 10.4 Å². The van der Waals surface area contributed by atoms with Crippen LogP contribution >= 0.6 is 0 Å². The van der Waals surface area contributed by atoms with Crippen molar-refractivity contribution in [1.82, 2.24) is 15.1 Å². The van der Waals surface area contributed by atoms with Crippen LogP contribution in [0.3, 0.4) is 0 Å². The molecule has 0 atom stereocenters. The summed E-state index contributed by atoms with van der Waals surface area (Å²) in [5.74, 6) is 0.486. The Labute approximate surface area is 99.6 Å². The minimum atomic E-state index is -0.0217. The predicted molar refractivity (Wildman–Crippen MR) is 62.1 cm³/mol. The maximum absolute atomic E-state index is 12.0. The van der Waals surface area contributed by atoms with Crippen LogP contribution in [0.1, 0.15) is 18.4 Å². The molecule has 17 heavy (non-hydrogen) atoms. The lowest BCUT2D eigenvalue weighted by Gasteiger charge is -2.21. The van der Waals surface area contributed by atoms with Crippen LogP contribution in [0.2, 0.25) is 0 Å². The molecule has 1 aromatic rings. The van der Waals surface area contributed by atoms with E-state index in [4.69, 9.17) is 5.26 Å². The Morgan fingerprint density at radius 2 is 2.35 bits per heavy atom. The molecule has 0 aliphatic carbocycles. The van der Waals surface area contributed by atoms with Gasteiger partial charge in [-0.3, -0.25) is 9.48 Å². The molecule has 0 saturated carbocycles. The highest BCUT2D eigenvalue weighted by atomic mass is 16.2. The van der Waals surface area contributed by atoms with Crippen LogP contribution in [0.4, 0.5) is 5.82 Å². The fourth-order valence-electron chi connectivity index (χ4n) is 1.97. The van der Waals surface area contributed by atoms with Crippen LogP contribution in [-0.4, -0.2) is 28.8 Å². The number of piperidine rings is 1. The summed E-state index contributed by atoms with van der Waals surface area (Å²) in [7, 11) is 1.71. The zero-order valence-electron chi connectivity index (χ0n) is 9.73. The number of rotatable bonds is 2. The largest absolute Gasteiger partial charge is 0.317 e. The number of nitriles is 1. The number of carbonyl (C=O) groups excluding carboxylic acids is 1. The third-order valence-electron chi connectivity index (χ3n) is 3.01. The van der Waals surface area contributed by atoms with E-state index in [-0.39, 0.29) is 11.8 Å². The molecule has 1 amide bonds. The van der Waals surface area contributed by atoms with Crippen LogP contribution in [0.25, 0.3) is 0 Å². The highest BCUT2D eigenvalue weighted by molar-refractivity contribution is 5.92. The molecule has 0 unspecified atom stereocenters. The summed E-state index contributed by atoms with van der Waals surface area (Å²) in [6, 6.07) is 2.01. The molecule has 1 fully saturated rings. The number of nitrogens with one attached hydrogen (secondary N) is 2. The SMILES string of the molecule is Cn1ncc(C#N)c1NC(=O)C1CCNCC1. The van der Waals surface area contributed by atoms with Crippen LogP contribution in [0.15, 0.2) is 6.20 Å². The average Bonchev–Trinajstić information content (AvgIpc) is 2.71. The molecule has 6 heteroatoms. The molecule has 0 bridgehead atoms. The maximum atomic E-state index is 12.0. The van der Waals surface area contributed by atoms with Gasteiger partial charge in [0.2, 0.25) is 5.91 Å². The minimum absolute atomic E-state index is 0.0217. The zero-order valence-corrected chi connectivity index (χ0v) is 9.73. The molecule has 0 spiro atoms. The third kappa shape index (κ3) is 2.45. The van der Waals surface area contributed by atoms with Crippen molar-refractivity contribution >= 4 is 11.7 Å². The number of carbonyl (C=O) groups is 1. The van der Waals surface area contributed by atoms with Crippen molar-refractivity contribution in [1.29, 1.82) is 5.26 Å². The number of aromatic nitrogens is 2. The van der Waals surface area contributed by atoms with Gasteiger partial charge in [0.05, 0.1) is 6.20 Å². The first-order valence-electron chi connectivity index (χ1n) is 5.66. The molecular weight excluding hydrogens is 218 g/mol. The molecule has 1 aliphatic heterocycles. The first-order valence-corrected chi connectivity index (χ1v) is 5.66. The molecule has 1 aliphatic rings. The number of hydrogen-bond acceptors (Lipinski definition) is 4. The van der Waals surface area contributed by atoms with Crippen LogP contribution in [0.5, 0.6) is 0 Å². The molecule has 2 rings (SSSR count). The quantitative estimate of drug-likeness (QED) is 0.766. The Hall–Kier alpha value is -1.87. The molecule has 0 radical (unpaired) electrons. The van der Waals surface area contributed by atoms with E-state index in [1.807, 2.05) is 6.07 Å². The van der Waals surface area contributed by atoms with Gasteiger partial charge < -0.3 is 10.6 Å². The topological polar surface area (TPSA) is 82.7 Å². The summed E-state index contributed by atoms with van der Waals surface area (Å²) >= 11 is 0. The monoisotopic (exact) mass is 233 g/mol. The van der Waals surface area contributed by atoms with Gasteiger partial charge in [0, 0.05) is 13.0 Å². The molecule has 0 aromatic carbocycles. The zero-order chi connectivity index (χ0) is 12.3. The number of hydrogen-bond donors (Lipinski definition) is 2. The summed E-state index contributed by atoms with van der Waals surface area (Å²) in [6.07, 6.45) is 3.13. The van der Waals surface area contributed by atoms with Gasteiger partial charge in [0.15, 0.2) is 0 Å². The van der Waals surface area contributed by atoms with E-state index in [0.717, 1.165) is 25.9 Å². The number of nitrogens with zero attached hydrogens (tertiary/aromatic N) is 3. The van der Waals surface area contributed by atoms with Gasteiger partial charge in [-0.1, -0.05) is 0 Å². The lowest BCUT2D eigenvalue weighted by atomic mass is 9.97. The van der Waals surface area contributed by atoms with Crippen molar-refractivity contribution in [3.05, 3.63) is 11.8 Å². The Kier molecular flexibility index (Phi) is 3.40. The van der Waals surface area contributed by atoms with Crippen molar-refractivity contribution in [2.75, 3.05) is 18.4 Å². The molecule has 2 heterocycles. The highest BCUT2D eigenvalue weighted by Crippen LogP contribution is 2.17. The van der Waals surface area contributed by atoms with Crippen molar-refractivity contribution in [2.24, 2.45) is 13.0 Å². The smallest absolute Gasteiger partial charge is 0.228 e. The first kappa shape index (κ1) is 11.6. The van der Waals surface area contributed by atoms with Gasteiger partial charge in [0.25, 0.3) is 0 Å². The standard InChI is InChI=1S/C11H15N5O/c1-16-10(9(6-12)7-14-16)15-11(17)8-2-4-13-5-3-8/h7-8,13H,2-5H2,1H3,(H,15,17). The normalized spacial score (nSPS) is 16.5. The van der Waals surface area contributed by atoms with Crippen molar-refractivity contribution in [3.63, 3.8) is 0 Å². The van der Waals surface area contributed by atoms with Gasteiger partial charge in [0.1, 0.15) is 17.5 Å². The molecular formula is C11H15N5O. The minimum Gasteiger partial charge on any atom is -0.317 e. The second-order valence-corrected chi connectivity index (χ2v) is 4.16. The highest BCUT2D eigenvalue weighted by Gasteiger charge is 2.22. The maximum Gasteiger partial charge on any atom is 0.228 e. The second kappa shape index (κ2) is 4.97. The number of anilines is 1. The summed E-state index contributed by atoms with van der Waals surface area (Å²) < 4.78 is 1.51. The Morgan fingerprint density at radius 1 is 1.65 bits per heavy atom. The second-order valence-electron chi connectivity index (χ2n) is 4.16. The van der Waals surface area contributed by atoms with Gasteiger partial charge in [-0.25, -0.2) is 0 Å². The van der Waals surface area contributed by atoms with E-state index < -0.39 is 0 Å². The molecule has 6 nitrogen and oxygen atoms in total. The summed E-state index contributed by atoms with van der Waals surface area (Å²) in [4.78, 5) is 12.0. The fraction of sp³-hybridized carbons (Fsp3) is 0.545. The van der Waals surface area contributed by atoms with Crippen molar-refractivity contribution in [3.8, 4) is 6.07 Å². The van der Waals surface area contributed by atoms with E-state index in [9.17, 15) is 4.79 Å². The van der Waals surface area contributed by atoms with Crippen molar-refractivity contribution in [2.45, 2.75) is 12.8 Å². The lowest BCUT2D eigenvalue weighted by Crippen LogP contribution is -2.35. The van der Waals surface area contributed by atoms with Gasteiger partial charge in [-0.05, 0) is 25.9 Å². The summed E-state index contributed by atoms with van der Waals surface area (Å²) in [6.45, 7) is 1.74. The van der Waals surface area contributed by atoms with Gasteiger partial charge in [-0.15, -0.1) is 0 Å². The predicted octanol–water partition coefficient (Wildman–Crippen LogP) is 0.230. The number of aryl methyl sites for hydroxylation is 1. The molecule has 2 N–H and O–H groups in total.